The van der Waals surface area contributed by atoms with Crippen LogP contribution in [0.25, 0.3) is 11.1 Å². The van der Waals surface area contributed by atoms with Gasteiger partial charge in [0.2, 0.25) is 5.91 Å². The molecule has 0 aliphatic heterocycles. The van der Waals surface area contributed by atoms with E-state index in [1.165, 1.54) is 24.3 Å². The predicted octanol–water partition coefficient (Wildman–Crippen LogP) is 5.32. The van der Waals surface area contributed by atoms with Crippen molar-refractivity contribution >= 4 is 45.6 Å². The fourth-order valence-electron chi connectivity index (χ4n) is 3.11. The number of nitrogens with one attached hydrogen (secondary N) is 2. The zero-order valence-electron chi connectivity index (χ0n) is 19.0. The minimum absolute atomic E-state index is 0.129. The number of carbonyl (C=O) groups excluding carboxylic acids is 4. The topological polar surface area (TPSA) is 102 Å². The SMILES string of the molecule is CC(=O)c1cccc(NC(=O)COC(=O)c2c(-c3ccccc3)csc2NC(=O)C=C(C)C)c1. The first kappa shape index (κ1) is 24.6. The number of anilines is 2. The van der Waals surface area contributed by atoms with Gasteiger partial charge in [0.05, 0.1) is 0 Å². The molecule has 1 heterocycles. The first-order valence-electron chi connectivity index (χ1n) is 10.5. The highest BCUT2D eigenvalue weighted by Gasteiger charge is 2.23. The van der Waals surface area contributed by atoms with Gasteiger partial charge in [-0.3, -0.25) is 14.4 Å². The second-order valence-electron chi connectivity index (χ2n) is 7.69. The molecule has 0 bridgehead atoms. The molecule has 34 heavy (non-hydrogen) atoms. The largest absolute Gasteiger partial charge is 0.452 e. The summed E-state index contributed by atoms with van der Waals surface area (Å²) in [5.74, 6) is -1.78. The third-order valence-electron chi connectivity index (χ3n) is 4.62. The fourth-order valence-corrected chi connectivity index (χ4v) is 4.07. The third kappa shape index (κ3) is 6.49. The van der Waals surface area contributed by atoms with Gasteiger partial charge in [-0.1, -0.05) is 48.0 Å². The van der Waals surface area contributed by atoms with Crippen molar-refractivity contribution in [1.29, 1.82) is 0 Å². The zero-order valence-corrected chi connectivity index (χ0v) is 19.8. The monoisotopic (exact) mass is 476 g/mol. The quantitative estimate of drug-likeness (QED) is 0.260. The van der Waals surface area contributed by atoms with Crippen molar-refractivity contribution in [1.82, 2.24) is 0 Å². The Hall–Kier alpha value is -4.04. The molecule has 0 aliphatic rings. The third-order valence-corrected chi connectivity index (χ3v) is 5.52. The first-order chi connectivity index (χ1) is 16.2. The highest BCUT2D eigenvalue weighted by molar-refractivity contribution is 7.15. The van der Waals surface area contributed by atoms with Crippen LogP contribution in [0, 0.1) is 0 Å². The average molecular weight is 477 g/mol. The van der Waals surface area contributed by atoms with Crippen LogP contribution in [0.5, 0.6) is 0 Å². The number of esters is 1. The number of rotatable bonds is 8. The van der Waals surface area contributed by atoms with Crippen molar-refractivity contribution in [3.05, 3.63) is 82.8 Å². The average Bonchev–Trinajstić information content (AvgIpc) is 3.21. The van der Waals surface area contributed by atoms with E-state index >= 15 is 0 Å². The number of ketones is 1. The molecule has 0 fully saturated rings. The minimum atomic E-state index is -0.736. The summed E-state index contributed by atoms with van der Waals surface area (Å²) in [5.41, 5.74) is 3.24. The van der Waals surface area contributed by atoms with Gasteiger partial charge in [0.25, 0.3) is 5.91 Å². The lowest BCUT2D eigenvalue weighted by Crippen LogP contribution is -2.21. The van der Waals surface area contributed by atoms with Crippen molar-refractivity contribution in [3.8, 4) is 11.1 Å². The van der Waals surface area contributed by atoms with Gasteiger partial charge in [0.15, 0.2) is 12.4 Å². The first-order valence-corrected chi connectivity index (χ1v) is 11.3. The molecule has 0 unspecified atom stereocenters. The predicted molar refractivity (Wildman–Crippen MR) is 133 cm³/mol. The molecule has 0 atom stereocenters. The maximum atomic E-state index is 13.0. The van der Waals surface area contributed by atoms with Crippen LogP contribution >= 0.6 is 11.3 Å². The van der Waals surface area contributed by atoms with Gasteiger partial charge >= 0.3 is 5.97 Å². The Morgan fingerprint density at radius 3 is 2.35 bits per heavy atom. The molecular weight excluding hydrogens is 452 g/mol. The number of ether oxygens (including phenoxy) is 1. The second-order valence-corrected chi connectivity index (χ2v) is 8.57. The number of hydrogen-bond acceptors (Lipinski definition) is 6. The van der Waals surface area contributed by atoms with Gasteiger partial charge in [0.1, 0.15) is 10.6 Å². The van der Waals surface area contributed by atoms with E-state index in [-0.39, 0.29) is 17.3 Å². The summed E-state index contributed by atoms with van der Waals surface area (Å²) in [6.07, 6.45) is 1.43. The molecule has 174 valence electrons. The molecule has 0 saturated heterocycles. The normalized spacial score (nSPS) is 10.2. The van der Waals surface area contributed by atoms with Gasteiger partial charge in [-0.2, -0.15) is 0 Å². The molecule has 0 aliphatic carbocycles. The molecular formula is C26H24N2O5S. The Bertz CT molecular complexity index is 1260. The van der Waals surface area contributed by atoms with Crippen LogP contribution in [-0.2, 0) is 14.3 Å². The minimum Gasteiger partial charge on any atom is -0.452 e. The molecule has 0 spiro atoms. The Morgan fingerprint density at radius 1 is 0.941 bits per heavy atom. The van der Waals surface area contributed by atoms with E-state index in [9.17, 15) is 19.2 Å². The van der Waals surface area contributed by atoms with Crippen molar-refractivity contribution in [2.24, 2.45) is 0 Å². The highest BCUT2D eigenvalue weighted by Crippen LogP contribution is 2.36. The van der Waals surface area contributed by atoms with E-state index < -0.39 is 18.5 Å². The van der Waals surface area contributed by atoms with Gasteiger partial charge < -0.3 is 15.4 Å². The lowest BCUT2D eigenvalue weighted by atomic mass is 10.0. The molecule has 2 aromatic carbocycles. The molecule has 2 amide bonds. The van der Waals surface area contributed by atoms with Gasteiger partial charge in [-0.25, -0.2) is 4.79 Å². The Kier molecular flexibility index (Phi) is 8.10. The van der Waals surface area contributed by atoms with Crippen LogP contribution in [0.2, 0.25) is 0 Å². The molecule has 2 N–H and O–H groups in total. The van der Waals surface area contributed by atoms with E-state index in [0.29, 0.717) is 21.8 Å². The van der Waals surface area contributed by atoms with E-state index in [1.807, 2.05) is 30.3 Å². The Morgan fingerprint density at radius 2 is 1.68 bits per heavy atom. The number of hydrogen-bond donors (Lipinski definition) is 2. The van der Waals surface area contributed by atoms with Crippen LogP contribution in [0.15, 0.2) is 71.6 Å². The van der Waals surface area contributed by atoms with Crippen molar-refractivity contribution in [2.75, 3.05) is 17.2 Å². The van der Waals surface area contributed by atoms with E-state index in [0.717, 1.165) is 11.1 Å². The van der Waals surface area contributed by atoms with Crippen LogP contribution in [0.4, 0.5) is 10.7 Å². The lowest BCUT2D eigenvalue weighted by molar-refractivity contribution is -0.119. The summed E-state index contributed by atoms with van der Waals surface area (Å²) in [6.45, 7) is 4.49. The number of thiophene rings is 1. The molecule has 1 aromatic heterocycles. The number of amides is 2. The molecule has 8 heteroatoms. The Labute approximate surface area is 201 Å². The van der Waals surface area contributed by atoms with Crippen LogP contribution in [-0.4, -0.2) is 30.2 Å². The fraction of sp³-hybridized carbons (Fsp3) is 0.154. The summed E-state index contributed by atoms with van der Waals surface area (Å²) in [7, 11) is 0. The van der Waals surface area contributed by atoms with Crippen molar-refractivity contribution < 1.29 is 23.9 Å². The number of allylic oxidation sites excluding steroid dienone is 1. The molecule has 3 rings (SSSR count). The van der Waals surface area contributed by atoms with E-state index in [1.54, 1.807) is 43.5 Å². The summed E-state index contributed by atoms with van der Waals surface area (Å²) in [5, 5.41) is 7.43. The Balaban J connectivity index is 1.78. The molecule has 7 nitrogen and oxygen atoms in total. The van der Waals surface area contributed by atoms with Crippen molar-refractivity contribution in [3.63, 3.8) is 0 Å². The van der Waals surface area contributed by atoms with Gasteiger partial charge in [-0.15, -0.1) is 11.3 Å². The maximum absolute atomic E-state index is 13.0. The second kappa shape index (κ2) is 11.2. The molecule has 0 saturated carbocycles. The molecule has 3 aromatic rings. The number of benzene rings is 2. The van der Waals surface area contributed by atoms with Crippen LogP contribution < -0.4 is 10.6 Å². The van der Waals surface area contributed by atoms with Gasteiger partial charge in [-0.05, 0) is 38.5 Å². The standard InChI is InChI=1S/C26H24N2O5S/c1-16(2)12-22(30)28-25-24(21(15-34-25)18-8-5-4-6-9-18)26(32)33-14-23(31)27-20-11-7-10-19(13-20)17(3)29/h4-13,15H,14H2,1-3H3,(H,27,31)(H,28,30). The van der Waals surface area contributed by atoms with Crippen molar-refractivity contribution in [2.45, 2.75) is 20.8 Å². The summed E-state index contributed by atoms with van der Waals surface area (Å²) in [4.78, 5) is 49.2. The van der Waals surface area contributed by atoms with E-state index in [2.05, 4.69) is 10.6 Å². The smallest absolute Gasteiger partial charge is 0.342 e. The number of Topliss-reactive ketones (excluding diaryl/α,β-unsaturated/α-hetero) is 1. The summed E-state index contributed by atoms with van der Waals surface area (Å²) >= 11 is 1.20. The lowest BCUT2D eigenvalue weighted by Gasteiger charge is -2.10. The van der Waals surface area contributed by atoms with E-state index in [4.69, 9.17) is 4.74 Å². The number of carbonyl (C=O) groups is 4. The maximum Gasteiger partial charge on any atom is 0.342 e. The zero-order chi connectivity index (χ0) is 24.7. The summed E-state index contributed by atoms with van der Waals surface area (Å²) in [6, 6.07) is 15.7. The van der Waals surface area contributed by atoms with Gasteiger partial charge in [0, 0.05) is 28.3 Å². The molecule has 0 radical (unpaired) electrons. The summed E-state index contributed by atoms with van der Waals surface area (Å²) < 4.78 is 5.29. The van der Waals surface area contributed by atoms with Crippen LogP contribution in [0.3, 0.4) is 0 Å². The highest BCUT2D eigenvalue weighted by atomic mass is 32.1. The van der Waals surface area contributed by atoms with Crippen LogP contribution in [0.1, 0.15) is 41.5 Å².